The predicted molar refractivity (Wildman–Crippen MR) is 67.2 cm³/mol. The summed E-state index contributed by atoms with van der Waals surface area (Å²) in [5, 5.41) is 22.2. The second-order valence-electron chi connectivity index (χ2n) is 3.17. The number of amides is 2. The standard InChI is InChI=1S/C10H18N2O4S/c1-2-6-17-7-4-11-10(16)12-8(3-5-13)9(14)15/h2,8,13H,1,3-7H2,(H,14,15)(H2,11,12,16). The van der Waals surface area contributed by atoms with Crippen LogP contribution in [0.1, 0.15) is 6.42 Å². The minimum atomic E-state index is -1.16. The Hall–Kier alpha value is -1.21. The van der Waals surface area contributed by atoms with E-state index < -0.39 is 18.0 Å². The van der Waals surface area contributed by atoms with Crippen LogP contribution in [0.3, 0.4) is 0 Å². The Bertz CT molecular complexity index is 261. The van der Waals surface area contributed by atoms with Crippen LogP contribution in [-0.2, 0) is 4.79 Å². The van der Waals surface area contributed by atoms with Crippen LogP contribution in [0.25, 0.3) is 0 Å². The molecule has 0 saturated carbocycles. The number of thioether (sulfide) groups is 1. The van der Waals surface area contributed by atoms with Gasteiger partial charge in [-0.15, -0.1) is 6.58 Å². The molecule has 4 N–H and O–H groups in total. The molecule has 0 rings (SSSR count). The molecule has 0 aromatic rings. The van der Waals surface area contributed by atoms with E-state index in [1.165, 1.54) is 0 Å². The Morgan fingerprint density at radius 3 is 2.71 bits per heavy atom. The van der Waals surface area contributed by atoms with Gasteiger partial charge in [0.05, 0.1) is 0 Å². The Labute approximate surface area is 104 Å². The van der Waals surface area contributed by atoms with Gasteiger partial charge in [0.25, 0.3) is 0 Å². The zero-order valence-electron chi connectivity index (χ0n) is 9.52. The molecule has 0 bridgehead atoms. The number of aliphatic carboxylic acids is 1. The van der Waals surface area contributed by atoms with Crippen molar-refractivity contribution in [2.24, 2.45) is 0 Å². The molecule has 0 spiro atoms. The predicted octanol–water partition coefficient (Wildman–Crippen LogP) is 0.0404. The van der Waals surface area contributed by atoms with Crippen molar-refractivity contribution in [3.05, 3.63) is 12.7 Å². The fourth-order valence-electron chi connectivity index (χ4n) is 0.999. The van der Waals surface area contributed by atoms with E-state index in [-0.39, 0.29) is 13.0 Å². The lowest BCUT2D eigenvalue weighted by molar-refractivity contribution is -0.139. The van der Waals surface area contributed by atoms with Crippen LogP contribution in [0.15, 0.2) is 12.7 Å². The van der Waals surface area contributed by atoms with Gasteiger partial charge in [0.15, 0.2) is 0 Å². The molecule has 0 saturated heterocycles. The highest BCUT2D eigenvalue weighted by Gasteiger charge is 2.18. The summed E-state index contributed by atoms with van der Waals surface area (Å²) in [6.07, 6.45) is 1.76. The number of urea groups is 1. The van der Waals surface area contributed by atoms with Gasteiger partial charge >= 0.3 is 12.0 Å². The summed E-state index contributed by atoms with van der Waals surface area (Å²) in [5.41, 5.74) is 0. The number of aliphatic hydroxyl groups excluding tert-OH is 1. The van der Waals surface area contributed by atoms with E-state index in [1.54, 1.807) is 17.8 Å². The fourth-order valence-corrected chi connectivity index (χ4v) is 1.58. The maximum atomic E-state index is 11.3. The molecule has 0 radical (unpaired) electrons. The molecular weight excluding hydrogens is 244 g/mol. The first-order valence-corrected chi connectivity index (χ1v) is 6.34. The Kier molecular flexibility index (Phi) is 9.27. The maximum absolute atomic E-state index is 11.3. The first kappa shape index (κ1) is 15.8. The van der Waals surface area contributed by atoms with E-state index in [9.17, 15) is 9.59 Å². The number of carboxylic acids is 1. The van der Waals surface area contributed by atoms with Crippen LogP contribution >= 0.6 is 11.8 Å². The van der Waals surface area contributed by atoms with E-state index >= 15 is 0 Å². The quantitative estimate of drug-likeness (QED) is 0.347. The van der Waals surface area contributed by atoms with E-state index in [4.69, 9.17) is 10.2 Å². The number of aliphatic hydroxyl groups is 1. The summed E-state index contributed by atoms with van der Waals surface area (Å²) in [6, 6.07) is -1.59. The average Bonchev–Trinajstić information content (AvgIpc) is 2.28. The van der Waals surface area contributed by atoms with Crippen molar-refractivity contribution in [2.75, 3.05) is 24.7 Å². The normalized spacial score (nSPS) is 11.6. The van der Waals surface area contributed by atoms with Crippen molar-refractivity contribution in [1.82, 2.24) is 10.6 Å². The van der Waals surface area contributed by atoms with Crippen molar-refractivity contribution < 1.29 is 19.8 Å². The van der Waals surface area contributed by atoms with Crippen LogP contribution in [0.2, 0.25) is 0 Å². The van der Waals surface area contributed by atoms with Crippen molar-refractivity contribution in [1.29, 1.82) is 0 Å². The second-order valence-corrected chi connectivity index (χ2v) is 4.32. The second kappa shape index (κ2) is 9.98. The molecule has 0 aliphatic carbocycles. The summed E-state index contributed by atoms with van der Waals surface area (Å²) >= 11 is 1.61. The van der Waals surface area contributed by atoms with Crippen LogP contribution in [0, 0.1) is 0 Å². The van der Waals surface area contributed by atoms with Gasteiger partial charge in [-0.25, -0.2) is 9.59 Å². The summed E-state index contributed by atoms with van der Waals surface area (Å²) in [6.45, 7) is 3.73. The first-order valence-electron chi connectivity index (χ1n) is 5.18. The smallest absolute Gasteiger partial charge is 0.326 e. The summed E-state index contributed by atoms with van der Waals surface area (Å²) in [4.78, 5) is 21.9. The molecule has 0 heterocycles. The number of rotatable bonds is 9. The maximum Gasteiger partial charge on any atom is 0.326 e. The third kappa shape index (κ3) is 8.58. The molecule has 1 atom stereocenters. The minimum Gasteiger partial charge on any atom is -0.480 e. The molecule has 0 aliphatic rings. The third-order valence-corrected chi connectivity index (χ3v) is 2.75. The van der Waals surface area contributed by atoms with Gasteiger partial charge in [0.1, 0.15) is 6.04 Å². The zero-order valence-corrected chi connectivity index (χ0v) is 10.3. The Balaban J connectivity index is 3.74. The highest BCUT2D eigenvalue weighted by Crippen LogP contribution is 1.97. The van der Waals surface area contributed by atoms with Crippen LogP contribution in [0.4, 0.5) is 4.79 Å². The molecule has 0 fully saturated rings. The van der Waals surface area contributed by atoms with E-state index in [0.717, 1.165) is 11.5 Å². The van der Waals surface area contributed by atoms with Gasteiger partial charge in [0, 0.05) is 31.1 Å². The largest absolute Gasteiger partial charge is 0.480 e. The van der Waals surface area contributed by atoms with Crippen molar-refractivity contribution in [2.45, 2.75) is 12.5 Å². The number of nitrogens with one attached hydrogen (secondary N) is 2. The van der Waals surface area contributed by atoms with Gasteiger partial charge in [-0.1, -0.05) is 6.08 Å². The number of carboxylic acid groups (broad SMARTS) is 1. The van der Waals surface area contributed by atoms with E-state index in [2.05, 4.69) is 17.2 Å². The van der Waals surface area contributed by atoms with Gasteiger partial charge in [-0.3, -0.25) is 0 Å². The molecule has 0 aromatic carbocycles. The van der Waals surface area contributed by atoms with Crippen molar-refractivity contribution in [3.63, 3.8) is 0 Å². The molecular formula is C10H18N2O4S. The number of hydrogen-bond acceptors (Lipinski definition) is 4. The highest BCUT2D eigenvalue weighted by atomic mass is 32.2. The zero-order chi connectivity index (χ0) is 13.1. The lowest BCUT2D eigenvalue weighted by Crippen LogP contribution is -2.46. The molecule has 2 amide bonds. The Morgan fingerprint density at radius 1 is 1.47 bits per heavy atom. The van der Waals surface area contributed by atoms with Gasteiger partial charge in [-0.05, 0) is 0 Å². The number of carbonyl (C=O) groups is 2. The van der Waals surface area contributed by atoms with Gasteiger partial charge in [-0.2, -0.15) is 11.8 Å². The molecule has 17 heavy (non-hydrogen) atoms. The lowest BCUT2D eigenvalue weighted by Gasteiger charge is -2.13. The average molecular weight is 262 g/mol. The van der Waals surface area contributed by atoms with Crippen molar-refractivity contribution >= 4 is 23.8 Å². The third-order valence-electron chi connectivity index (χ3n) is 1.79. The number of hydrogen-bond donors (Lipinski definition) is 4. The van der Waals surface area contributed by atoms with E-state index in [0.29, 0.717) is 6.54 Å². The molecule has 98 valence electrons. The molecule has 7 heteroatoms. The van der Waals surface area contributed by atoms with Gasteiger partial charge < -0.3 is 20.8 Å². The minimum absolute atomic E-state index is 0.00598. The van der Waals surface area contributed by atoms with Crippen LogP contribution < -0.4 is 10.6 Å². The summed E-state index contributed by atoms with van der Waals surface area (Å²) in [5.74, 6) is 0.387. The molecule has 0 aromatic heterocycles. The molecule has 1 unspecified atom stereocenters. The van der Waals surface area contributed by atoms with E-state index in [1.807, 2.05) is 0 Å². The Morgan fingerprint density at radius 2 is 2.18 bits per heavy atom. The topological polar surface area (TPSA) is 98.7 Å². The monoisotopic (exact) mass is 262 g/mol. The molecule has 0 aliphatic heterocycles. The van der Waals surface area contributed by atoms with Crippen LogP contribution in [0.5, 0.6) is 0 Å². The fraction of sp³-hybridized carbons (Fsp3) is 0.600. The lowest BCUT2D eigenvalue weighted by atomic mass is 10.2. The highest BCUT2D eigenvalue weighted by molar-refractivity contribution is 7.99. The summed E-state index contributed by atoms with van der Waals surface area (Å²) in [7, 11) is 0. The summed E-state index contributed by atoms with van der Waals surface area (Å²) < 4.78 is 0. The number of carbonyl (C=O) groups excluding carboxylic acids is 1. The SMILES string of the molecule is C=CCSCCNC(=O)NC(CCO)C(=O)O. The molecule has 6 nitrogen and oxygen atoms in total. The van der Waals surface area contributed by atoms with Crippen molar-refractivity contribution in [3.8, 4) is 0 Å². The first-order chi connectivity index (χ1) is 8.11. The van der Waals surface area contributed by atoms with Crippen LogP contribution in [-0.4, -0.2) is 52.9 Å². The van der Waals surface area contributed by atoms with Gasteiger partial charge in [0.2, 0.25) is 0 Å².